The van der Waals surface area contributed by atoms with Crippen molar-refractivity contribution in [1.82, 2.24) is 25.0 Å². The number of aliphatic hydroxyl groups is 1. The Hall–Kier alpha value is -2.77. The highest BCUT2D eigenvalue weighted by Gasteiger charge is 2.34. The Balaban J connectivity index is 1.41. The van der Waals surface area contributed by atoms with Crippen molar-refractivity contribution < 1.29 is 9.90 Å². The predicted octanol–water partition coefficient (Wildman–Crippen LogP) is 2.84. The third kappa shape index (κ3) is 4.52. The van der Waals surface area contributed by atoms with Crippen LogP contribution in [0.15, 0.2) is 48.8 Å². The van der Waals surface area contributed by atoms with E-state index in [-0.39, 0.29) is 5.91 Å². The molecule has 1 amide bonds. The molecule has 158 valence electrons. The number of H-pyrrole nitrogens is 1. The Morgan fingerprint density at radius 3 is 2.80 bits per heavy atom. The summed E-state index contributed by atoms with van der Waals surface area (Å²) in [5.41, 5.74) is 1.71. The fraction of sp³-hybridized carbons (Fsp3) is 0.435. The molecule has 4 rings (SSSR count). The summed E-state index contributed by atoms with van der Waals surface area (Å²) in [7, 11) is 0. The topological polar surface area (TPSA) is 85.3 Å². The SMILES string of the molecule is CCN(Cc1ccncc1)C[C@]1(O)CCCN(C(=O)c2n[nH]c3ccccc23)CC1. The van der Waals surface area contributed by atoms with Gasteiger partial charge in [-0.3, -0.25) is 19.8 Å². The molecule has 0 unspecified atom stereocenters. The van der Waals surface area contributed by atoms with Crippen LogP contribution in [0.1, 0.15) is 42.2 Å². The van der Waals surface area contributed by atoms with Gasteiger partial charge in [0.1, 0.15) is 0 Å². The molecule has 3 aromatic rings. The molecule has 30 heavy (non-hydrogen) atoms. The summed E-state index contributed by atoms with van der Waals surface area (Å²) in [6, 6.07) is 11.7. The van der Waals surface area contributed by atoms with Gasteiger partial charge in [0.25, 0.3) is 5.91 Å². The van der Waals surface area contributed by atoms with Crippen LogP contribution in [0, 0.1) is 0 Å². The van der Waals surface area contributed by atoms with Gasteiger partial charge in [0.05, 0.1) is 11.1 Å². The van der Waals surface area contributed by atoms with Gasteiger partial charge < -0.3 is 10.0 Å². The van der Waals surface area contributed by atoms with Crippen LogP contribution in [0.5, 0.6) is 0 Å². The van der Waals surface area contributed by atoms with E-state index in [0.29, 0.717) is 38.2 Å². The summed E-state index contributed by atoms with van der Waals surface area (Å²) in [5, 5.41) is 19.4. The summed E-state index contributed by atoms with van der Waals surface area (Å²) < 4.78 is 0. The highest BCUT2D eigenvalue weighted by Crippen LogP contribution is 2.26. The van der Waals surface area contributed by atoms with E-state index in [4.69, 9.17) is 0 Å². The molecule has 3 heterocycles. The average molecular weight is 408 g/mol. The zero-order valence-electron chi connectivity index (χ0n) is 17.4. The van der Waals surface area contributed by atoms with Gasteiger partial charge >= 0.3 is 0 Å². The van der Waals surface area contributed by atoms with Crippen molar-refractivity contribution in [3.05, 3.63) is 60.0 Å². The molecule has 0 saturated carbocycles. The van der Waals surface area contributed by atoms with Crippen molar-refractivity contribution in [2.75, 3.05) is 26.2 Å². The number of likely N-dealkylation sites (tertiary alicyclic amines) is 1. The standard InChI is InChI=1S/C23H29N5O2/c1-2-27(16-18-8-12-24-13-9-18)17-23(30)10-5-14-28(15-11-23)22(29)21-19-6-3-4-7-20(19)25-26-21/h3-4,6-9,12-13,30H,2,5,10-11,14-17H2,1H3,(H,25,26)/t23-/m0/s1. The first-order chi connectivity index (χ1) is 14.6. The lowest BCUT2D eigenvalue weighted by Crippen LogP contribution is -2.43. The van der Waals surface area contributed by atoms with E-state index in [9.17, 15) is 9.90 Å². The van der Waals surface area contributed by atoms with E-state index >= 15 is 0 Å². The molecule has 2 N–H and O–H groups in total. The van der Waals surface area contributed by atoms with Crippen LogP contribution in [0.3, 0.4) is 0 Å². The van der Waals surface area contributed by atoms with Crippen molar-refractivity contribution in [2.45, 2.75) is 38.3 Å². The number of benzene rings is 1. The average Bonchev–Trinajstić information content (AvgIpc) is 3.10. The van der Waals surface area contributed by atoms with Gasteiger partial charge in [-0.1, -0.05) is 25.1 Å². The van der Waals surface area contributed by atoms with Crippen LogP contribution in [0.25, 0.3) is 10.9 Å². The van der Waals surface area contributed by atoms with Gasteiger partial charge in [0.2, 0.25) is 0 Å². The fourth-order valence-corrected chi connectivity index (χ4v) is 4.26. The molecule has 1 fully saturated rings. The van der Waals surface area contributed by atoms with Crippen molar-refractivity contribution in [3.63, 3.8) is 0 Å². The van der Waals surface area contributed by atoms with Crippen LogP contribution in [-0.2, 0) is 6.54 Å². The van der Waals surface area contributed by atoms with Crippen LogP contribution < -0.4 is 0 Å². The lowest BCUT2D eigenvalue weighted by Gasteiger charge is -2.33. The Kier molecular flexibility index (Phi) is 6.11. The molecule has 1 saturated heterocycles. The molecule has 0 spiro atoms. The van der Waals surface area contributed by atoms with E-state index in [2.05, 4.69) is 27.0 Å². The van der Waals surface area contributed by atoms with E-state index < -0.39 is 5.60 Å². The summed E-state index contributed by atoms with van der Waals surface area (Å²) in [6.07, 6.45) is 5.62. The summed E-state index contributed by atoms with van der Waals surface area (Å²) in [5.74, 6) is -0.0687. The highest BCUT2D eigenvalue weighted by atomic mass is 16.3. The second kappa shape index (κ2) is 8.93. The first-order valence-electron chi connectivity index (χ1n) is 10.6. The Labute approximate surface area is 176 Å². The number of amides is 1. The number of aromatic amines is 1. The minimum Gasteiger partial charge on any atom is -0.388 e. The molecular weight excluding hydrogens is 378 g/mol. The van der Waals surface area contributed by atoms with Crippen LogP contribution in [-0.4, -0.2) is 67.8 Å². The maximum Gasteiger partial charge on any atom is 0.274 e. The quantitative estimate of drug-likeness (QED) is 0.656. The number of likely N-dealkylation sites (N-methyl/N-ethyl adjacent to an activating group) is 1. The first-order valence-corrected chi connectivity index (χ1v) is 10.6. The van der Waals surface area contributed by atoms with E-state index in [1.165, 1.54) is 5.56 Å². The number of nitrogens with one attached hydrogen (secondary N) is 1. The molecule has 0 aliphatic carbocycles. The van der Waals surface area contributed by atoms with Gasteiger partial charge in [-0.05, 0) is 49.6 Å². The van der Waals surface area contributed by atoms with E-state index in [1.807, 2.05) is 41.3 Å². The zero-order chi connectivity index (χ0) is 21.0. The minimum atomic E-state index is -0.800. The first kappa shape index (κ1) is 20.5. The smallest absolute Gasteiger partial charge is 0.274 e. The normalized spacial score (nSPS) is 19.9. The molecule has 1 aliphatic rings. The number of para-hydroxylation sites is 1. The van der Waals surface area contributed by atoms with Crippen molar-refractivity contribution in [3.8, 4) is 0 Å². The fourth-order valence-electron chi connectivity index (χ4n) is 4.26. The number of fused-ring (bicyclic) bond motifs is 1. The summed E-state index contributed by atoms with van der Waals surface area (Å²) >= 11 is 0. The zero-order valence-corrected chi connectivity index (χ0v) is 17.4. The Morgan fingerprint density at radius 1 is 1.20 bits per heavy atom. The number of pyridine rings is 1. The van der Waals surface area contributed by atoms with E-state index in [0.717, 1.165) is 30.4 Å². The van der Waals surface area contributed by atoms with Crippen molar-refractivity contribution in [2.24, 2.45) is 0 Å². The Bertz CT molecular complexity index is 989. The van der Waals surface area contributed by atoms with Crippen molar-refractivity contribution >= 4 is 16.8 Å². The predicted molar refractivity (Wildman–Crippen MR) is 116 cm³/mol. The number of rotatable bonds is 6. The molecule has 0 bridgehead atoms. The van der Waals surface area contributed by atoms with E-state index in [1.54, 1.807) is 12.4 Å². The summed E-state index contributed by atoms with van der Waals surface area (Å²) in [6.45, 7) is 5.51. The number of hydrogen-bond donors (Lipinski definition) is 2. The Morgan fingerprint density at radius 2 is 2.00 bits per heavy atom. The molecule has 7 heteroatoms. The molecule has 1 aliphatic heterocycles. The number of nitrogens with zero attached hydrogens (tertiary/aromatic N) is 4. The third-order valence-electron chi connectivity index (χ3n) is 6.00. The van der Waals surface area contributed by atoms with Crippen LogP contribution in [0.2, 0.25) is 0 Å². The van der Waals surface area contributed by atoms with Crippen molar-refractivity contribution in [1.29, 1.82) is 0 Å². The van der Waals surface area contributed by atoms with Gasteiger partial charge in [0, 0.05) is 44.0 Å². The molecule has 1 aromatic carbocycles. The number of hydrogen-bond acceptors (Lipinski definition) is 5. The number of carbonyl (C=O) groups is 1. The van der Waals surface area contributed by atoms with Gasteiger partial charge in [0.15, 0.2) is 5.69 Å². The molecule has 1 atom stereocenters. The monoisotopic (exact) mass is 407 g/mol. The molecule has 2 aromatic heterocycles. The second-order valence-corrected chi connectivity index (χ2v) is 8.15. The highest BCUT2D eigenvalue weighted by molar-refractivity contribution is 6.04. The molecule has 0 radical (unpaired) electrons. The lowest BCUT2D eigenvalue weighted by atomic mass is 9.94. The third-order valence-corrected chi connectivity index (χ3v) is 6.00. The lowest BCUT2D eigenvalue weighted by molar-refractivity contribution is -0.00928. The maximum atomic E-state index is 13.1. The maximum absolute atomic E-state index is 13.1. The number of carbonyl (C=O) groups excluding carboxylic acids is 1. The molecular formula is C23H29N5O2. The van der Waals surface area contributed by atoms with Crippen LogP contribution >= 0.6 is 0 Å². The van der Waals surface area contributed by atoms with Gasteiger partial charge in [-0.15, -0.1) is 0 Å². The molecule has 7 nitrogen and oxygen atoms in total. The second-order valence-electron chi connectivity index (χ2n) is 8.15. The summed E-state index contributed by atoms with van der Waals surface area (Å²) in [4.78, 5) is 21.3. The largest absolute Gasteiger partial charge is 0.388 e. The number of aromatic nitrogens is 3. The van der Waals surface area contributed by atoms with Crippen LogP contribution in [0.4, 0.5) is 0 Å². The van der Waals surface area contributed by atoms with Gasteiger partial charge in [-0.2, -0.15) is 5.10 Å². The minimum absolute atomic E-state index is 0.0687. The van der Waals surface area contributed by atoms with Gasteiger partial charge in [-0.25, -0.2) is 0 Å².